The highest BCUT2D eigenvalue weighted by Crippen LogP contribution is 2.29. The number of nitrogens with zero attached hydrogens (tertiary/aromatic N) is 2. The van der Waals surface area contributed by atoms with E-state index in [-0.39, 0.29) is 12.5 Å². The monoisotopic (exact) mass is 483 g/mol. The van der Waals surface area contributed by atoms with Gasteiger partial charge in [-0.05, 0) is 42.0 Å². The Hall–Kier alpha value is -3.93. The van der Waals surface area contributed by atoms with E-state index in [0.29, 0.717) is 25.1 Å². The lowest BCUT2D eigenvalue weighted by Gasteiger charge is -2.26. The lowest BCUT2D eigenvalue weighted by Crippen LogP contribution is -2.44. The van der Waals surface area contributed by atoms with E-state index in [1.165, 1.54) is 5.56 Å². The van der Waals surface area contributed by atoms with Crippen molar-refractivity contribution in [1.29, 1.82) is 0 Å². The van der Waals surface area contributed by atoms with Gasteiger partial charge in [0.15, 0.2) is 0 Å². The number of amides is 4. The van der Waals surface area contributed by atoms with Crippen LogP contribution in [-0.4, -0.2) is 40.7 Å². The Bertz CT molecular complexity index is 1200. The lowest BCUT2D eigenvalue weighted by molar-refractivity contribution is -0.139. The van der Waals surface area contributed by atoms with E-state index in [0.717, 1.165) is 28.9 Å². The smallest absolute Gasteiger partial charge is 0.325 e. The van der Waals surface area contributed by atoms with Crippen LogP contribution in [0.2, 0.25) is 0 Å². The van der Waals surface area contributed by atoms with E-state index in [4.69, 9.17) is 0 Å². The molecular formula is C30H33N3O3. The van der Waals surface area contributed by atoms with E-state index < -0.39 is 17.5 Å². The second-order valence-electron chi connectivity index (χ2n) is 9.43. The van der Waals surface area contributed by atoms with Crippen molar-refractivity contribution in [3.8, 4) is 0 Å². The van der Waals surface area contributed by atoms with Crippen molar-refractivity contribution in [2.75, 3.05) is 13.1 Å². The fraction of sp³-hybridized carbons (Fsp3) is 0.300. The van der Waals surface area contributed by atoms with E-state index >= 15 is 0 Å². The number of nitrogens with one attached hydrogen (secondary N) is 1. The van der Waals surface area contributed by atoms with Crippen LogP contribution in [0.1, 0.15) is 42.5 Å². The van der Waals surface area contributed by atoms with Crippen LogP contribution in [0.15, 0.2) is 84.9 Å². The van der Waals surface area contributed by atoms with Crippen LogP contribution in [0.4, 0.5) is 4.79 Å². The molecule has 1 N–H and O–H groups in total. The summed E-state index contributed by atoms with van der Waals surface area (Å²) in [4.78, 5) is 42.5. The summed E-state index contributed by atoms with van der Waals surface area (Å²) in [5.74, 6) is -0.673. The van der Waals surface area contributed by atoms with Crippen molar-refractivity contribution in [2.45, 2.75) is 45.2 Å². The van der Waals surface area contributed by atoms with Crippen LogP contribution in [0, 0.1) is 0 Å². The topological polar surface area (TPSA) is 69.7 Å². The summed E-state index contributed by atoms with van der Waals surface area (Å²) in [6, 6.07) is 26.9. The molecule has 6 nitrogen and oxygen atoms in total. The molecule has 0 radical (unpaired) electrons. The highest BCUT2D eigenvalue weighted by atomic mass is 16.2. The molecule has 4 amide bonds. The highest BCUT2D eigenvalue weighted by molar-refractivity contribution is 6.09. The second-order valence-corrected chi connectivity index (χ2v) is 9.43. The van der Waals surface area contributed by atoms with Gasteiger partial charge in [0.1, 0.15) is 12.1 Å². The molecule has 0 saturated carbocycles. The van der Waals surface area contributed by atoms with Crippen LogP contribution >= 0.6 is 0 Å². The second kappa shape index (κ2) is 11.2. The normalized spacial score (nSPS) is 17.2. The minimum absolute atomic E-state index is 0.263. The molecule has 1 saturated heterocycles. The zero-order valence-corrected chi connectivity index (χ0v) is 20.9. The van der Waals surface area contributed by atoms with Gasteiger partial charge in [0.05, 0.1) is 0 Å². The third-order valence-electron chi connectivity index (χ3n) is 6.72. The minimum atomic E-state index is -1.20. The maximum Gasteiger partial charge on any atom is 0.325 e. The SMILES string of the molecule is CCCc1ccc(C2(C)NC(=O)N(CC(=O)N(CCc3ccccc3)Cc3ccccc3)C2=O)cc1. The Morgan fingerprint density at radius 3 is 2.03 bits per heavy atom. The molecule has 1 aliphatic heterocycles. The molecule has 0 aliphatic carbocycles. The van der Waals surface area contributed by atoms with Gasteiger partial charge < -0.3 is 10.2 Å². The first-order valence-electron chi connectivity index (χ1n) is 12.5. The lowest BCUT2D eigenvalue weighted by atomic mass is 9.91. The largest absolute Gasteiger partial charge is 0.336 e. The van der Waals surface area contributed by atoms with Crippen molar-refractivity contribution in [3.63, 3.8) is 0 Å². The zero-order valence-electron chi connectivity index (χ0n) is 20.9. The van der Waals surface area contributed by atoms with E-state index in [1.807, 2.05) is 84.9 Å². The number of carbonyl (C=O) groups excluding carboxylic acids is 3. The molecule has 1 fully saturated rings. The summed E-state index contributed by atoms with van der Waals surface area (Å²) in [6.07, 6.45) is 2.67. The molecule has 6 heteroatoms. The first kappa shape index (κ1) is 25.2. The maximum atomic E-state index is 13.4. The molecular weight excluding hydrogens is 450 g/mol. The van der Waals surface area contributed by atoms with Gasteiger partial charge in [0.25, 0.3) is 5.91 Å². The average Bonchev–Trinajstić information content (AvgIpc) is 3.12. The summed E-state index contributed by atoms with van der Waals surface area (Å²) in [5, 5.41) is 2.82. The number of imide groups is 1. The fourth-order valence-electron chi connectivity index (χ4n) is 4.57. The number of hydrogen-bond donors (Lipinski definition) is 1. The van der Waals surface area contributed by atoms with Gasteiger partial charge in [-0.2, -0.15) is 0 Å². The number of rotatable bonds is 10. The van der Waals surface area contributed by atoms with Gasteiger partial charge in [-0.1, -0.05) is 98.3 Å². The molecule has 186 valence electrons. The molecule has 1 heterocycles. The van der Waals surface area contributed by atoms with Crippen LogP contribution < -0.4 is 5.32 Å². The number of urea groups is 1. The Morgan fingerprint density at radius 2 is 1.42 bits per heavy atom. The highest BCUT2D eigenvalue weighted by Gasteiger charge is 2.49. The van der Waals surface area contributed by atoms with Crippen molar-refractivity contribution < 1.29 is 14.4 Å². The molecule has 3 aromatic rings. The standard InChI is InChI=1S/C30H33N3O3/c1-3-10-23-15-17-26(18-16-23)30(2)28(35)33(29(36)31-30)22-27(34)32(21-25-13-8-5-9-14-25)20-19-24-11-6-4-7-12-24/h4-9,11-18H,3,10,19-22H2,1-2H3,(H,31,36). The summed E-state index contributed by atoms with van der Waals surface area (Å²) in [7, 11) is 0. The van der Waals surface area contributed by atoms with E-state index in [1.54, 1.807) is 11.8 Å². The van der Waals surface area contributed by atoms with Gasteiger partial charge in [-0.3, -0.25) is 14.5 Å². The van der Waals surface area contributed by atoms with E-state index in [9.17, 15) is 14.4 Å². The molecule has 0 aromatic heterocycles. The number of carbonyl (C=O) groups is 3. The summed E-state index contributed by atoms with van der Waals surface area (Å²) >= 11 is 0. The summed E-state index contributed by atoms with van der Waals surface area (Å²) in [5.41, 5.74) is 2.81. The molecule has 0 bridgehead atoms. The zero-order chi connectivity index (χ0) is 25.5. The predicted molar refractivity (Wildman–Crippen MR) is 140 cm³/mol. The Morgan fingerprint density at radius 1 is 0.833 bits per heavy atom. The Balaban J connectivity index is 1.49. The summed E-state index contributed by atoms with van der Waals surface area (Å²) in [6.45, 7) is 4.41. The fourth-order valence-corrected chi connectivity index (χ4v) is 4.57. The molecule has 1 unspecified atom stereocenters. The first-order chi connectivity index (χ1) is 17.4. The van der Waals surface area contributed by atoms with Crippen LogP contribution in [0.25, 0.3) is 0 Å². The third-order valence-corrected chi connectivity index (χ3v) is 6.72. The van der Waals surface area contributed by atoms with Crippen LogP contribution in [0.5, 0.6) is 0 Å². The average molecular weight is 484 g/mol. The van der Waals surface area contributed by atoms with Crippen LogP contribution in [-0.2, 0) is 34.5 Å². The Labute approximate surface area is 212 Å². The van der Waals surface area contributed by atoms with Crippen molar-refractivity contribution in [1.82, 2.24) is 15.1 Å². The molecule has 36 heavy (non-hydrogen) atoms. The summed E-state index contributed by atoms with van der Waals surface area (Å²) < 4.78 is 0. The maximum absolute atomic E-state index is 13.4. The Kier molecular flexibility index (Phi) is 7.84. The van der Waals surface area contributed by atoms with Gasteiger partial charge >= 0.3 is 6.03 Å². The number of hydrogen-bond acceptors (Lipinski definition) is 3. The quantitative estimate of drug-likeness (QED) is 0.426. The third kappa shape index (κ3) is 5.65. The van der Waals surface area contributed by atoms with Gasteiger partial charge in [-0.15, -0.1) is 0 Å². The van der Waals surface area contributed by atoms with Gasteiger partial charge in [-0.25, -0.2) is 4.79 Å². The first-order valence-corrected chi connectivity index (χ1v) is 12.5. The molecule has 1 atom stereocenters. The molecule has 3 aromatic carbocycles. The number of benzene rings is 3. The van der Waals surface area contributed by atoms with Crippen molar-refractivity contribution in [2.24, 2.45) is 0 Å². The molecule has 4 rings (SSSR count). The van der Waals surface area contributed by atoms with Crippen LogP contribution in [0.3, 0.4) is 0 Å². The van der Waals surface area contributed by atoms with Crippen molar-refractivity contribution in [3.05, 3.63) is 107 Å². The van der Waals surface area contributed by atoms with Gasteiger partial charge in [0.2, 0.25) is 5.91 Å². The molecule has 1 aliphatic rings. The van der Waals surface area contributed by atoms with Crippen molar-refractivity contribution >= 4 is 17.8 Å². The van der Waals surface area contributed by atoms with Gasteiger partial charge in [0, 0.05) is 13.1 Å². The molecule has 0 spiro atoms. The van der Waals surface area contributed by atoms with E-state index in [2.05, 4.69) is 12.2 Å². The minimum Gasteiger partial charge on any atom is -0.336 e. The number of aryl methyl sites for hydroxylation is 1. The predicted octanol–water partition coefficient (Wildman–Crippen LogP) is 4.68.